The number of alkyl halides is 3. The van der Waals surface area contributed by atoms with Crippen LogP contribution in [0.5, 0.6) is 0 Å². The predicted octanol–water partition coefficient (Wildman–Crippen LogP) is 1.54. The molecular formula is C8H14F3N2. The quantitative estimate of drug-likeness (QED) is 0.656. The van der Waals surface area contributed by atoms with Gasteiger partial charge in [-0.05, 0) is 25.9 Å². The molecule has 0 aliphatic carbocycles. The third-order valence-electron chi connectivity index (χ3n) is 2.45. The molecule has 0 aromatic heterocycles. The van der Waals surface area contributed by atoms with Crippen molar-refractivity contribution in [3.05, 3.63) is 0 Å². The standard InChI is InChI=1S/C8H14F3N2/c1-13-3-2-6(5-13)7(12)4-8(9,10)11/h6-7,12H,2-5H2,1H3. The van der Waals surface area contributed by atoms with Crippen LogP contribution in [-0.4, -0.2) is 37.3 Å². The Morgan fingerprint density at radius 1 is 1.54 bits per heavy atom. The molecule has 0 saturated carbocycles. The first kappa shape index (κ1) is 10.8. The van der Waals surface area contributed by atoms with Crippen molar-refractivity contribution < 1.29 is 13.2 Å². The van der Waals surface area contributed by atoms with Gasteiger partial charge in [-0.1, -0.05) is 0 Å². The second-order valence-electron chi connectivity index (χ2n) is 3.74. The molecule has 1 N–H and O–H groups in total. The van der Waals surface area contributed by atoms with Crippen LogP contribution in [0.25, 0.3) is 0 Å². The van der Waals surface area contributed by atoms with Crippen LogP contribution in [0.2, 0.25) is 0 Å². The summed E-state index contributed by atoms with van der Waals surface area (Å²) in [7, 11) is 1.88. The van der Waals surface area contributed by atoms with Crippen LogP contribution in [0.3, 0.4) is 0 Å². The van der Waals surface area contributed by atoms with E-state index in [2.05, 4.69) is 0 Å². The van der Waals surface area contributed by atoms with Crippen molar-refractivity contribution in [2.75, 3.05) is 20.1 Å². The van der Waals surface area contributed by atoms with Gasteiger partial charge in [-0.2, -0.15) is 13.2 Å². The third-order valence-corrected chi connectivity index (χ3v) is 2.45. The molecule has 2 unspecified atom stereocenters. The number of hydrogen-bond acceptors (Lipinski definition) is 1. The fourth-order valence-corrected chi connectivity index (χ4v) is 1.71. The Hall–Kier alpha value is -0.290. The zero-order valence-electron chi connectivity index (χ0n) is 7.56. The van der Waals surface area contributed by atoms with Crippen molar-refractivity contribution >= 4 is 0 Å². The predicted molar refractivity (Wildman–Crippen MR) is 43.2 cm³/mol. The van der Waals surface area contributed by atoms with Gasteiger partial charge < -0.3 is 4.90 Å². The smallest absolute Gasteiger partial charge is 0.306 e. The van der Waals surface area contributed by atoms with Gasteiger partial charge in [-0.25, -0.2) is 0 Å². The highest BCUT2D eigenvalue weighted by atomic mass is 19.4. The monoisotopic (exact) mass is 195 g/mol. The molecule has 0 aromatic rings. The van der Waals surface area contributed by atoms with Gasteiger partial charge in [-0.3, -0.25) is 5.73 Å². The minimum Gasteiger partial charge on any atom is -0.306 e. The molecule has 1 rings (SSSR count). The summed E-state index contributed by atoms with van der Waals surface area (Å²) in [5.41, 5.74) is 7.37. The molecule has 0 spiro atoms. The summed E-state index contributed by atoms with van der Waals surface area (Å²) in [6.45, 7) is 1.45. The number of halogens is 3. The second kappa shape index (κ2) is 3.84. The lowest BCUT2D eigenvalue weighted by Crippen LogP contribution is -2.30. The van der Waals surface area contributed by atoms with E-state index >= 15 is 0 Å². The van der Waals surface area contributed by atoms with E-state index in [0.29, 0.717) is 6.54 Å². The maximum Gasteiger partial charge on any atom is 0.390 e. The van der Waals surface area contributed by atoms with Gasteiger partial charge in [0, 0.05) is 12.6 Å². The Balaban J connectivity index is 2.36. The average Bonchev–Trinajstić information content (AvgIpc) is 2.31. The summed E-state index contributed by atoms with van der Waals surface area (Å²) in [6, 6.07) is -0.982. The van der Waals surface area contributed by atoms with E-state index in [-0.39, 0.29) is 5.92 Å². The zero-order chi connectivity index (χ0) is 10.1. The van der Waals surface area contributed by atoms with Crippen LogP contribution < -0.4 is 5.73 Å². The van der Waals surface area contributed by atoms with Crippen molar-refractivity contribution in [1.29, 1.82) is 0 Å². The minimum atomic E-state index is -4.19. The first-order chi connectivity index (χ1) is 5.88. The van der Waals surface area contributed by atoms with Crippen LogP contribution in [0.4, 0.5) is 13.2 Å². The summed E-state index contributed by atoms with van der Waals surface area (Å²) in [5.74, 6) is -0.105. The first-order valence-corrected chi connectivity index (χ1v) is 4.35. The van der Waals surface area contributed by atoms with Crippen LogP contribution in [0.15, 0.2) is 0 Å². The van der Waals surface area contributed by atoms with E-state index in [4.69, 9.17) is 5.73 Å². The Labute approximate surface area is 75.9 Å². The Kier molecular flexibility index (Phi) is 3.18. The highest BCUT2D eigenvalue weighted by molar-refractivity contribution is 4.82. The van der Waals surface area contributed by atoms with Gasteiger partial charge in [0.2, 0.25) is 0 Å². The Morgan fingerprint density at radius 3 is 2.54 bits per heavy atom. The largest absolute Gasteiger partial charge is 0.390 e. The lowest BCUT2D eigenvalue weighted by molar-refractivity contribution is -0.141. The summed E-state index contributed by atoms with van der Waals surface area (Å²) in [6.07, 6.45) is -4.43. The van der Waals surface area contributed by atoms with E-state index in [1.165, 1.54) is 0 Å². The molecule has 0 aromatic carbocycles. The molecule has 77 valence electrons. The molecule has 1 fully saturated rings. The van der Waals surface area contributed by atoms with Crippen LogP contribution in [0, 0.1) is 5.92 Å². The first-order valence-electron chi connectivity index (χ1n) is 4.35. The molecule has 2 nitrogen and oxygen atoms in total. The molecule has 1 radical (unpaired) electrons. The van der Waals surface area contributed by atoms with Crippen LogP contribution >= 0.6 is 0 Å². The second-order valence-corrected chi connectivity index (χ2v) is 3.74. The lowest BCUT2D eigenvalue weighted by Gasteiger charge is -2.19. The molecule has 1 saturated heterocycles. The van der Waals surface area contributed by atoms with Gasteiger partial charge in [0.25, 0.3) is 0 Å². The number of likely N-dealkylation sites (tertiary alicyclic amines) is 1. The molecule has 2 atom stereocenters. The third kappa shape index (κ3) is 3.52. The van der Waals surface area contributed by atoms with E-state index in [9.17, 15) is 13.2 Å². The summed E-state index contributed by atoms with van der Waals surface area (Å²) < 4.78 is 35.8. The van der Waals surface area contributed by atoms with Gasteiger partial charge >= 0.3 is 6.18 Å². The fourth-order valence-electron chi connectivity index (χ4n) is 1.71. The highest BCUT2D eigenvalue weighted by Gasteiger charge is 2.35. The number of hydrogen-bond donors (Lipinski definition) is 0. The normalized spacial score (nSPS) is 27.9. The molecule has 5 heteroatoms. The maximum absolute atomic E-state index is 11.9. The van der Waals surface area contributed by atoms with Crippen molar-refractivity contribution in [2.24, 2.45) is 5.92 Å². The minimum absolute atomic E-state index is 0.105. The van der Waals surface area contributed by atoms with Crippen LogP contribution in [-0.2, 0) is 0 Å². The average molecular weight is 195 g/mol. The molecule has 13 heavy (non-hydrogen) atoms. The molecular weight excluding hydrogens is 181 g/mol. The van der Waals surface area contributed by atoms with Crippen molar-refractivity contribution in [3.63, 3.8) is 0 Å². The molecule has 1 aliphatic rings. The fraction of sp³-hybridized carbons (Fsp3) is 1.00. The van der Waals surface area contributed by atoms with Crippen molar-refractivity contribution in [1.82, 2.24) is 10.6 Å². The molecule has 0 amide bonds. The summed E-state index contributed by atoms with van der Waals surface area (Å²) >= 11 is 0. The van der Waals surface area contributed by atoms with Gasteiger partial charge in [0.15, 0.2) is 0 Å². The number of rotatable bonds is 2. The van der Waals surface area contributed by atoms with E-state index in [1.54, 1.807) is 0 Å². The van der Waals surface area contributed by atoms with E-state index in [1.807, 2.05) is 11.9 Å². The van der Waals surface area contributed by atoms with E-state index in [0.717, 1.165) is 13.0 Å². The zero-order valence-corrected chi connectivity index (χ0v) is 7.56. The Bertz CT molecular complexity index is 169. The van der Waals surface area contributed by atoms with Gasteiger partial charge in [-0.15, -0.1) is 0 Å². The van der Waals surface area contributed by atoms with Crippen LogP contribution in [0.1, 0.15) is 12.8 Å². The maximum atomic E-state index is 11.9. The topological polar surface area (TPSA) is 27.0 Å². The van der Waals surface area contributed by atoms with Gasteiger partial charge in [0.1, 0.15) is 0 Å². The summed E-state index contributed by atoms with van der Waals surface area (Å²) in [4.78, 5) is 1.97. The molecule has 1 heterocycles. The van der Waals surface area contributed by atoms with Crippen molar-refractivity contribution in [2.45, 2.75) is 25.1 Å². The highest BCUT2D eigenvalue weighted by Crippen LogP contribution is 2.27. The van der Waals surface area contributed by atoms with Gasteiger partial charge in [0.05, 0.1) is 6.42 Å². The number of nitrogens with zero attached hydrogens (tertiary/aromatic N) is 1. The lowest BCUT2D eigenvalue weighted by atomic mass is 9.97. The van der Waals surface area contributed by atoms with E-state index < -0.39 is 18.6 Å². The SMILES string of the molecule is CN1CCC(C([NH])CC(F)(F)F)C1. The summed E-state index contributed by atoms with van der Waals surface area (Å²) in [5, 5.41) is 0. The number of nitrogens with one attached hydrogen (secondary N) is 1. The molecule has 1 aliphatic heterocycles. The molecule has 0 bridgehead atoms. The Morgan fingerprint density at radius 2 is 2.15 bits per heavy atom. The van der Waals surface area contributed by atoms with Crippen molar-refractivity contribution in [3.8, 4) is 0 Å².